The molecule has 0 saturated carbocycles. The van der Waals surface area contributed by atoms with Crippen LogP contribution in [0.2, 0.25) is 0 Å². The Hall–Kier alpha value is -2.88. The lowest BCUT2D eigenvalue weighted by Gasteiger charge is -2.13. The van der Waals surface area contributed by atoms with Crippen LogP contribution in [0.1, 0.15) is 32.1 Å². The number of nitrogens with zero attached hydrogens (tertiary/aromatic N) is 2. The molecule has 0 atom stereocenters. The van der Waals surface area contributed by atoms with E-state index in [0.717, 1.165) is 13.2 Å². The Morgan fingerprint density at radius 1 is 1.12 bits per heavy atom. The normalized spacial score (nSPS) is 11.1. The Balaban J connectivity index is 2.62. The first kappa shape index (κ1) is 19.4. The van der Waals surface area contributed by atoms with Crippen LogP contribution in [-0.4, -0.2) is 44.4 Å². The first-order chi connectivity index (χ1) is 12.1. The number of benzene rings is 1. The number of esters is 2. The Morgan fingerprint density at radius 2 is 1.73 bits per heavy atom. The first-order valence-electron chi connectivity index (χ1n) is 7.46. The third-order valence-electron chi connectivity index (χ3n) is 3.84. The fourth-order valence-corrected chi connectivity index (χ4v) is 3.78. The van der Waals surface area contributed by atoms with Crippen LogP contribution in [0.5, 0.6) is 0 Å². The highest BCUT2D eigenvalue weighted by molar-refractivity contribution is 7.92. The molecule has 140 valence electrons. The molecule has 26 heavy (non-hydrogen) atoms. The largest absolute Gasteiger partial charge is 0.465 e. The van der Waals surface area contributed by atoms with E-state index in [1.54, 1.807) is 20.9 Å². The monoisotopic (exact) mass is 381 g/mol. The summed E-state index contributed by atoms with van der Waals surface area (Å²) in [7, 11) is -0.222. The van der Waals surface area contributed by atoms with Crippen molar-refractivity contribution in [1.29, 1.82) is 0 Å². The minimum atomic E-state index is -4.21. The van der Waals surface area contributed by atoms with Gasteiger partial charge >= 0.3 is 11.9 Å². The molecule has 0 aliphatic heterocycles. The molecule has 0 spiro atoms. The van der Waals surface area contributed by atoms with Gasteiger partial charge in [0.15, 0.2) is 0 Å². The van der Waals surface area contributed by atoms with Crippen molar-refractivity contribution in [2.45, 2.75) is 18.7 Å². The van der Waals surface area contributed by atoms with E-state index in [9.17, 15) is 18.0 Å². The maximum atomic E-state index is 12.9. The van der Waals surface area contributed by atoms with E-state index in [0.29, 0.717) is 17.1 Å². The molecule has 1 aromatic carbocycles. The predicted molar refractivity (Wildman–Crippen MR) is 92.6 cm³/mol. The van der Waals surface area contributed by atoms with Crippen LogP contribution in [0.3, 0.4) is 0 Å². The molecular formula is C16H19N3O6S. The highest BCUT2D eigenvalue weighted by Crippen LogP contribution is 2.26. The van der Waals surface area contributed by atoms with Crippen molar-refractivity contribution in [3.63, 3.8) is 0 Å². The van der Waals surface area contributed by atoms with E-state index >= 15 is 0 Å². The number of aromatic nitrogens is 2. The zero-order valence-electron chi connectivity index (χ0n) is 15.0. The number of sulfonamides is 1. The standard InChI is InChI=1S/C16H19N3O6S/c1-9-14(10(2)19(3)17-9)18-26(22,23)13-8-11(15(20)24-4)6-7-12(13)16(21)25-5/h6-8,18H,1-5H3. The molecule has 9 nitrogen and oxygen atoms in total. The summed E-state index contributed by atoms with van der Waals surface area (Å²) in [5, 5.41) is 4.15. The highest BCUT2D eigenvalue weighted by Gasteiger charge is 2.27. The molecule has 0 aliphatic rings. The van der Waals surface area contributed by atoms with E-state index in [1.165, 1.54) is 23.9 Å². The average molecular weight is 381 g/mol. The summed E-state index contributed by atoms with van der Waals surface area (Å²) >= 11 is 0. The summed E-state index contributed by atoms with van der Waals surface area (Å²) in [6.07, 6.45) is 0. The van der Waals surface area contributed by atoms with Crippen molar-refractivity contribution in [3.05, 3.63) is 40.7 Å². The zero-order chi connectivity index (χ0) is 19.6. The summed E-state index contributed by atoms with van der Waals surface area (Å²) in [4.78, 5) is 23.3. The molecule has 0 unspecified atom stereocenters. The van der Waals surface area contributed by atoms with Gasteiger partial charge in [-0.15, -0.1) is 0 Å². The molecule has 0 fully saturated rings. The Labute approximate surface area is 151 Å². The van der Waals surface area contributed by atoms with Gasteiger partial charge in [-0.1, -0.05) is 0 Å². The van der Waals surface area contributed by atoms with Crippen molar-refractivity contribution in [2.24, 2.45) is 7.05 Å². The Kier molecular flexibility index (Phi) is 5.36. The molecule has 0 radical (unpaired) electrons. The van der Waals surface area contributed by atoms with Crippen LogP contribution < -0.4 is 4.72 Å². The van der Waals surface area contributed by atoms with Crippen LogP contribution in [-0.2, 0) is 26.5 Å². The van der Waals surface area contributed by atoms with Gasteiger partial charge in [0.2, 0.25) is 0 Å². The molecule has 1 aromatic heterocycles. The molecule has 1 heterocycles. The number of carbonyl (C=O) groups is 2. The quantitative estimate of drug-likeness (QED) is 0.778. The van der Waals surface area contributed by atoms with Crippen molar-refractivity contribution in [1.82, 2.24) is 9.78 Å². The van der Waals surface area contributed by atoms with Gasteiger partial charge in [0.1, 0.15) is 4.90 Å². The lowest BCUT2D eigenvalue weighted by atomic mass is 10.1. The van der Waals surface area contributed by atoms with Crippen LogP contribution in [0, 0.1) is 13.8 Å². The first-order valence-corrected chi connectivity index (χ1v) is 8.94. The number of ether oxygens (including phenoxy) is 2. The van der Waals surface area contributed by atoms with Gasteiger partial charge in [0.25, 0.3) is 10.0 Å². The van der Waals surface area contributed by atoms with Crippen molar-refractivity contribution >= 4 is 27.6 Å². The van der Waals surface area contributed by atoms with E-state index < -0.39 is 26.9 Å². The van der Waals surface area contributed by atoms with Gasteiger partial charge in [-0.25, -0.2) is 18.0 Å². The van der Waals surface area contributed by atoms with Gasteiger partial charge in [0.05, 0.1) is 42.4 Å². The Bertz CT molecular complexity index is 978. The topological polar surface area (TPSA) is 117 Å². The fraction of sp³-hybridized carbons (Fsp3) is 0.312. The van der Waals surface area contributed by atoms with E-state index in [1.807, 2.05) is 0 Å². The van der Waals surface area contributed by atoms with Gasteiger partial charge in [-0.05, 0) is 32.0 Å². The van der Waals surface area contributed by atoms with E-state index in [2.05, 4.69) is 19.3 Å². The summed E-state index contributed by atoms with van der Waals surface area (Å²) < 4.78 is 39.0. The molecule has 0 amide bonds. The number of anilines is 1. The second-order valence-electron chi connectivity index (χ2n) is 5.47. The van der Waals surface area contributed by atoms with Gasteiger partial charge in [0, 0.05) is 7.05 Å². The van der Waals surface area contributed by atoms with Gasteiger partial charge in [-0.2, -0.15) is 5.10 Å². The third-order valence-corrected chi connectivity index (χ3v) is 5.23. The van der Waals surface area contributed by atoms with Crippen LogP contribution in [0.25, 0.3) is 0 Å². The lowest BCUT2D eigenvalue weighted by Crippen LogP contribution is -2.19. The number of rotatable bonds is 5. The molecule has 2 aromatic rings. The predicted octanol–water partition coefficient (Wildman–Crippen LogP) is 1.41. The molecule has 2 rings (SSSR count). The summed E-state index contributed by atoms with van der Waals surface area (Å²) in [6, 6.07) is 3.56. The molecule has 0 saturated heterocycles. The lowest BCUT2D eigenvalue weighted by molar-refractivity contribution is 0.0583. The molecule has 10 heteroatoms. The number of nitrogens with one attached hydrogen (secondary N) is 1. The van der Waals surface area contributed by atoms with Crippen molar-refractivity contribution in [3.8, 4) is 0 Å². The molecule has 0 aliphatic carbocycles. The Morgan fingerprint density at radius 3 is 2.23 bits per heavy atom. The second-order valence-corrected chi connectivity index (χ2v) is 7.12. The minimum Gasteiger partial charge on any atom is -0.465 e. The van der Waals surface area contributed by atoms with Gasteiger partial charge < -0.3 is 9.47 Å². The van der Waals surface area contributed by atoms with Crippen LogP contribution >= 0.6 is 0 Å². The van der Waals surface area contributed by atoms with Crippen LogP contribution in [0.4, 0.5) is 5.69 Å². The summed E-state index contributed by atoms with van der Waals surface area (Å²) in [5.41, 5.74) is 1.14. The molecule has 1 N–H and O–H groups in total. The number of methoxy groups -OCH3 is 2. The molecular weight excluding hydrogens is 362 g/mol. The van der Waals surface area contributed by atoms with Crippen LogP contribution in [0.15, 0.2) is 23.1 Å². The fourth-order valence-electron chi connectivity index (χ4n) is 2.38. The van der Waals surface area contributed by atoms with E-state index in [4.69, 9.17) is 0 Å². The van der Waals surface area contributed by atoms with Gasteiger partial charge in [-0.3, -0.25) is 9.40 Å². The van der Waals surface area contributed by atoms with E-state index in [-0.39, 0.29) is 11.1 Å². The smallest absolute Gasteiger partial charge is 0.339 e. The number of hydrogen-bond donors (Lipinski definition) is 1. The summed E-state index contributed by atoms with van der Waals surface area (Å²) in [6.45, 7) is 3.35. The zero-order valence-corrected chi connectivity index (χ0v) is 15.8. The van der Waals surface area contributed by atoms with Crippen molar-refractivity contribution in [2.75, 3.05) is 18.9 Å². The second kappa shape index (κ2) is 7.16. The SMILES string of the molecule is COC(=O)c1ccc(C(=O)OC)c(S(=O)(=O)Nc2c(C)nn(C)c2C)c1. The number of aryl methyl sites for hydroxylation is 2. The maximum Gasteiger partial charge on any atom is 0.339 e. The number of carbonyl (C=O) groups excluding carboxylic acids is 2. The average Bonchev–Trinajstić information content (AvgIpc) is 2.85. The maximum absolute atomic E-state index is 12.9. The third kappa shape index (κ3) is 3.54. The molecule has 0 bridgehead atoms. The van der Waals surface area contributed by atoms with Crippen molar-refractivity contribution < 1.29 is 27.5 Å². The number of hydrogen-bond acceptors (Lipinski definition) is 7. The summed E-state index contributed by atoms with van der Waals surface area (Å²) in [5.74, 6) is -1.58. The highest BCUT2D eigenvalue weighted by atomic mass is 32.2. The minimum absolute atomic E-state index is 0.0137.